The summed E-state index contributed by atoms with van der Waals surface area (Å²) in [6, 6.07) is 9.11. The number of benzene rings is 1. The van der Waals surface area contributed by atoms with Crippen molar-refractivity contribution in [1.29, 1.82) is 0 Å². The van der Waals surface area contributed by atoms with Gasteiger partial charge in [-0.15, -0.1) is 6.58 Å². The largest absolute Gasteiger partial charge is 0.344 e. The zero-order valence-corrected chi connectivity index (χ0v) is 17.7. The van der Waals surface area contributed by atoms with Crippen molar-refractivity contribution in [3.05, 3.63) is 60.3 Å². The van der Waals surface area contributed by atoms with E-state index in [-0.39, 0.29) is 18.2 Å². The van der Waals surface area contributed by atoms with Crippen LogP contribution >= 0.6 is 0 Å². The molecular weight excluding hydrogens is 384 g/mol. The molecule has 162 valence electrons. The molecule has 1 aromatic carbocycles. The number of amides is 2. The Balaban J connectivity index is 2.30. The van der Waals surface area contributed by atoms with Crippen molar-refractivity contribution in [3.63, 3.8) is 0 Å². The van der Waals surface area contributed by atoms with Crippen LogP contribution in [-0.2, 0) is 16.0 Å². The zero-order valence-electron chi connectivity index (χ0n) is 17.7. The first-order valence-electron chi connectivity index (χ1n) is 10.0. The molecule has 2 aromatic rings. The smallest absolute Gasteiger partial charge is 0.249 e. The molecule has 0 saturated carbocycles. The van der Waals surface area contributed by atoms with Crippen molar-refractivity contribution in [3.8, 4) is 0 Å². The average molecular weight is 415 g/mol. The Morgan fingerprint density at radius 1 is 1.20 bits per heavy atom. The summed E-state index contributed by atoms with van der Waals surface area (Å²) in [5.41, 5.74) is 2.67. The minimum Gasteiger partial charge on any atom is -0.344 e. The first kappa shape index (κ1) is 23.3. The first-order valence-corrected chi connectivity index (χ1v) is 10.0. The van der Waals surface area contributed by atoms with E-state index in [1.165, 1.54) is 0 Å². The first-order chi connectivity index (χ1) is 14.3. The van der Waals surface area contributed by atoms with Crippen molar-refractivity contribution >= 4 is 11.8 Å². The molecule has 0 saturated heterocycles. The van der Waals surface area contributed by atoms with Gasteiger partial charge in [-0.3, -0.25) is 14.8 Å². The summed E-state index contributed by atoms with van der Waals surface area (Å²) in [5.74, 6) is -1.37. The Labute approximate surface area is 176 Å². The third-order valence-electron chi connectivity index (χ3n) is 4.86. The van der Waals surface area contributed by atoms with Gasteiger partial charge in [-0.2, -0.15) is 4.98 Å². The van der Waals surface area contributed by atoms with Gasteiger partial charge in [-0.25, -0.2) is 5.48 Å². The fourth-order valence-electron chi connectivity index (χ4n) is 3.46. The number of rotatable bonds is 11. The molecule has 0 aliphatic heterocycles. The predicted octanol–water partition coefficient (Wildman–Crippen LogP) is 3.14. The van der Waals surface area contributed by atoms with Gasteiger partial charge in [0.05, 0.1) is 11.8 Å². The Morgan fingerprint density at radius 2 is 1.90 bits per heavy atom. The van der Waals surface area contributed by atoms with Gasteiger partial charge in [0.25, 0.3) is 0 Å². The molecule has 0 unspecified atom stereocenters. The van der Waals surface area contributed by atoms with Gasteiger partial charge in [0.15, 0.2) is 5.82 Å². The maximum atomic E-state index is 13.3. The van der Waals surface area contributed by atoms with Gasteiger partial charge < -0.3 is 9.84 Å². The van der Waals surface area contributed by atoms with E-state index in [1.807, 2.05) is 44.2 Å². The Kier molecular flexibility index (Phi) is 8.73. The van der Waals surface area contributed by atoms with E-state index in [0.29, 0.717) is 24.6 Å². The number of nitrogens with one attached hydrogen (secondary N) is 2. The van der Waals surface area contributed by atoms with Crippen molar-refractivity contribution in [2.45, 2.75) is 46.1 Å². The van der Waals surface area contributed by atoms with Crippen LogP contribution in [0.5, 0.6) is 0 Å². The SMILES string of the molecule is C=CC[C@@H](C(=O)NO)[C@@H](CC(C)C)C(=O)N[C@@H](Cc1ccccc1)c1nc(C)no1. The Morgan fingerprint density at radius 3 is 2.43 bits per heavy atom. The maximum absolute atomic E-state index is 13.3. The number of nitrogens with zero attached hydrogens (tertiary/aromatic N) is 2. The molecule has 0 aliphatic carbocycles. The molecule has 0 fully saturated rings. The van der Waals surface area contributed by atoms with E-state index >= 15 is 0 Å². The van der Waals surface area contributed by atoms with Crippen molar-refractivity contribution in [2.75, 3.05) is 0 Å². The quantitative estimate of drug-likeness (QED) is 0.295. The second-order valence-corrected chi connectivity index (χ2v) is 7.77. The number of carbonyl (C=O) groups is 2. The molecule has 2 rings (SSSR count). The average Bonchev–Trinajstić information content (AvgIpc) is 3.16. The number of allylic oxidation sites excluding steroid dienone is 1. The number of hydroxylamine groups is 1. The summed E-state index contributed by atoms with van der Waals surface area (Å²) in [7, 11) is 0. The predicted molar refractivity (Wildman–Crippen MR) is 111 cm³/mol. The molecule has 3 N–H and O–H groups in total. The van der Waals surface area contributed by atoms with Crippen molar-refractivity contribution in [2.24, 2.45) is 17.8 Å². The third kappa shape index (κ3) is 6.52. The monoisotopic (exact) mass is 414 g/mol. The lowest BCUT2D eigenvalue weighted by Crippen LogP contribution is -2.43. The lowest BCUT2D eigenvalue weighted by atomic mass is 9.82. The number of carbonyl (C=O) groups excluding carboxylic acids is 2. The summed E-state index contributed by atoms with van der Waals surface area (Å²) in [6.45, 7) is 9.34. The van der Waals surface area contributed by atoms with Gasteiger partial charge in [0, 0.05) is 6.42 Å². The highest BCUT2D eigenvalue weighted by Gasteiger charge is 2.35. The topological polar surface area (TPSA) is 117 Å². The number of hydrogen-bond acceptors (Lipinski definition) is 6. The minimum atomic E-state index is -0.739. The van der Waals surface area contributed by atoms with E-state index in [9.17, 15) is 9.59 Å². The van der Waals surface area contributed by atoms with E-state index in [1.54, 1.807) is 18.5 Å². The van der Waals surface area contributed by atoms with Gasteiger partial charge in [0.1, 0.15) is 6.04 Å². The fraction of sp³-hybridized carbons (Fsp3) is 0.455. The molecule has 0 radical (unpaired) electrons. The number of aryl methyl sites for hydroxylation is 1. The highest BCUT2D eigenvalue weighted by atomic mass is 16.5. The maximum Gasteiger partial charge on any atom is 0.249 e. The van der Waals surface area contributed by atoms with Crippen LogP contribution in [0.4, 0.5) is 0 Å². The summed E-state index contributed by atoms with van der Waals surface area (Å²) in [4.78, 5) is 29.8. The van der Waals surface area contributed by atoms with Gasteiger partial charge in [-0.05, 0) is 31.2 Å². The summed E-state index contributed by atoms with van der Waals surface area (Å²) in [5, 5.41) is 16.0. The standard InChI is InChI=1S/C22H30N4O4/c1-5-9-17(21(28)25-29)18(12-14(2)3)20(27)24-19(22-23-15(4)26-30-22)13-16-10-7-6-8-11-16/h5-8,10-11,14,17-19,29H,1,9,12-13H2,2-4H3,(H,24,27)(H,25,28)/t17-,18-,19+/m1/s1. The summed E-state index contributed by atoms with van der Waals surface area (Å²) >= 11 is 0. The second-order valence-electron chi connectivity index (χ2n) is 7.77. The summed E-state index contributed by atoms with van der Waals surface area (Å²) < 4.78 is 5.33. The van der Waals surface area contributed by atoms with Crippen LogP contribution in [-0.4, -0.2) is 27.2 Å². The molecule has 0 aliphatic rings. The molecule has 8 nitrogen and oxygen atoms in total. The Bertz CT molecular complexity index is 835. The van der Waals surface area contributed by atoms with E-state index in [0.717, 1.165) is 5.56 Å². The molecule has 0 bridgehead atoms. The van der Waals surface area contributed by atoms with E-state index in [2.05, 4.69) is 22.0 Å². The van der Waals surface area contributed by atoms with Crippen LogP contribution in [0.2, 0.25) is 0 Å². The van der Waals surface area contributed by atoms with Crippen LogP contribution < -0.4 is 10.8 Å². The molecule has 1 heterocycles. The molecule has 0 spiro atoms. The molecular formula is C22H30N4O4. The van der Waals surface area contributed by atoms with Crippen LogP contribution in [0.3, 0.4) is 0 Å². The zero-order chi connectivity index (χ0) is 22.1. The van der Waals surface area contributed by atoms with Crippen LogP contribution in [0.1, 0.15) is 50.0 Å². The second kappa shape index (κ2) is 11.3. The normalized spacial score (nSPS) is 14.0. The molecule has 1 aromatic heterocycles. The third-order valence-corrected chi connectivity index (χ3v) is 4.86. The molecule has 2 amide bonds. The minimum absolute atomic E-state index is 0.165. The number of aromatic nitrogens is 2. The lowest BCUT2D eigenvalue weighted by Gasteiger charge is -2.27. The van der Waals surface area contributed by atoms with Gasteiger partial charge >= 0.3 is 0 Å². The molecule has 3 atom stereocenters. The Hall–Kier alpha value is -3.00. The lowest BCUT2D eigenvalue weighted by molar-refractivity contribution is -0.141. The number of hydrogen-bond donors (Lipinski definition) is 3. The van der Waals surface area contributed by atoms with E-state index < -0.39 is 23.8 Å². The van der Waals surface area contributed by atoms with Gasteiger partial charge in [-0.1, -0.05) is 55.4 Å². The van der Waals surface area contributed by atoms with Gasteiger partial charge in [0.2, 0.25) is 17.7 Å². The van der Waals surface area contributed by atoms with Crippen LogP contribution in [0, 0.1) is 24.7 Å². The molecule has 30 heavy (non-hydrogen) atoms. The van der Waals surface area contributed by atoms with E-state index in [4.69, 9.17) is 9.73 Å². The fourth-order valence-corrected chi connectivity index (χ4v) is 3.46. The summed E-state index contributed by atoms with van der Waals surface area (Å²) in [6.07, 6.45) is 2.77. The van der Waals surface area contributed by atoms with Crippen molar-refractivity contribution < 1.29 is 19.3 Å². The van der Waals surface area contributed by atoms with Crippen LogP contribution in [0.25, 0.3) is 0 Å². The molecule has 8 heteroatoms. The highest BCUT2D eigenvalue weighted by Crippen LogP contribution is 2.27. The van der Waals surface area contributed by atoms with Crippen LogP contribution in [0.15, 0.2) is 47.5 Å². The highest BCUT2D eigenvalue weighted by molar-refractivity contribution is 5.87. The van der Waals surface area contributed by atoms with Crippen molar-refractivity contribution in [1.82, 2.24) is 20.9 Å².